The van der Waals surface area contributed by atoms with Gasteiger partial charge < -0.3 is 10.3 Å². The van der Waals surface area contributed by atoms with Gasteiger partial charge in [-0.15, -0.1) is 0 Å². The molecule has 0 radical (unpaired) electrons. The molecule has 1 aliphatic heterocycles. The fraction of sp³-hybridized carbons (Fsp3) is 0.231. The van der Waals surface area contributed by atoms with Gasteiger partial charge in [0.05, 0.1) is 0 Å². The Bertz CT molecular complexity index is 634. The number of aromatic nitrogens is 1. The lowest BCUT2D eigenvalue weighted by Crippen LogP contribution is -2.31. The number of carbonyl (C=O) groups is 1. The van der Waals surface area contributed by atoms with Gasteiger partial charge in [0.2, 0.25) is 0 Å². The molecule has 2 aromatic rings. The van der Waals surface area contributed by atoms with Gasteiger partial charge in [0.25, 0.3) is 5.91 Å². The van der Waals surface area contributed by atoms with E-state index in [1.807, 2.05) is 24.4 Å². The molecular formula is C13H13N3OS. The summed E-state index contributed by atoms with van der Waals surface area (Å²) >= 11 is 5.07. The molecule has 1 aliphatic rings. The maximum absolute atomic E-state index is 11.9. The number of hydrogen-bond acceptors (Lipinski definition) is 2. The van der Waals surface area contributed by atoms with Crippen LogP contribution in [0.1, 0.15) is 5.56 Å². The number of fused-ring (bicyclic) bond motifs is 1. The topological polar surface area (TPSA) is 48.1 Å². The highest BCUT2D eigenvalue weighted by Gasteiger charge is 2.32. The first-order valence-corrected chi connectivity index (χ1v) is 6.20. The molecule has 4 nitrogen and oxygen atoms in total. The van der Waals surface area contributed by atoms with E-state index in [-0.39, 0.29) is 11.9 Å². The SMILES string of the molecule is CN1C(=O)[C@@H](Cc2c[nH]c3ccccc23)NC1=S. The number of para-hydroxylation sites is 1. The van der Waals surface area contributed by atoms with Crippen molar-refractivity contribution in [2.45, 2.75) is 12.5 Å². The third-order valence-electron chi connectivity index (χ3n) is 3.33. The molecule has 1 amide bonds. The van der Waals surface area contributed by atoms with Crippen molar-refractivity contribution in [3.63, 3.8) is 0 Å². The molecule has 0 unspecified atom stereocenters. The van der Waals surface area contributed by atoms with Gasteiger partial charge in [-0.2, -0.15) is 0 Å². The number of aromatic amines is 1. The first-order chi connectivity index (χ1) is 8.66. The normalized spacial score (nSPS) is 19.6. The molecule has 92 valence electrons. The number of thiocarbonyl (C=S) groups is 1. The number of H-pyrrole nitrogens is 1. The molecule has 0 spiro atoms. The van der Waals surface area contributed by atoms with Crippen molar-refractivity contribution in [1.29, 1.82) is 0 Å². The largest absolute Gasteiger partial charge is 0.361 e. The summed E-state index contributed by atoms with van der Waals surface area (Å²) in [5.74, 6) is 0.0327. The van der Waals surface area contributed by atoms with Crippen LogP contribution in [0.5, 0.6) is 0 Å². The van der Waals surface area contributed by atoms with E-state index in [4.69, 9.17) is 12.2 Å². The first-order valence-electron chi connectivity index (χ1n) is 5.80. The Labute approximate surface area is 110 Å². The van der Waals surface area contributed by atoms with Crippen LogP contribution < -0.4 is 5.32 Å². The van der Waals surface area contributed by atoms with Gasteiger partial charge in [-0.25, -0.2) is 0 Å². The number of amides is 1. The molecule has 2 N–H and O–H groups in total. The van der Waals surface area contributed by atoms with Gasteiger partial charge in [0, 0.05) is 30.6 Å². The number of likely N-dealkylation sites (N-methyl/N-ethyl adjacent to an activating group) is 1. The summed E-state index contributed by atoms with van der Waals surface area (Å²) in [5.41, 5.74) is 2.23. The molecule has 1 fully saturated rings. The Balaban J connectivity index is 1.89. The third-order valence-corrected chi connectivity index (χ3v) is 3.72. The molecule has 2 heterocycles. The summed E-state index contributed by atoms with van der Waals surface area (Å²) in [4.78, 5) is 16.7. The fourth-order valence-corrected chi connectivity index (χ4v) is 2.53. The van der Waals surface area contributed by atoms with Crippen molar-refractivity contribution in [3.8, 4) is 0 Å². The molecule has 0 saturated carbocycles. The summed E-state index contributed by atoms with van der Waals surface area (Å²) in [6.45, 7) is 0. The highest BCUT2D eigenvalue weighted by Crippen LogP contribution is 2.20. The number of benzene rings is 1. The monoisotopic (exact) mass is 259 g/mol. The minimum Gasteiger partial charge on any atom is -0.361 e. The van der Waals surface area contributed by atoms with E-state index in [0.717, 1.165) is 16.5 Å². The van der Waals surface area contributed by atoms with Gasteiger partial charge in [-0.1, -0.05) is 18.2 Å². The Morgan fingerprint density at radius 2 is 2.17 bits per heavy atom. The summed E-state index contributed by atoms with van der Waals surface area (Å²) in [6, 6.07) is 7.83. The van der Waals surface area contributed by atoms with E-state index in [2.05, 4.69) is 16.4 Å². The average Bonchev–Trinajstić information content (AvgIpc) is 2.89. The lowest BCUT2D eigenvalue weighted by Gasteiger charge is -2.07. The van der Waals surface area contributed by atoms with Gasteiger partial charge in [0.15, 0.2) is 5.11 Å². The number of rotatable bonds is 2. The van der Waals surface area contributed by atoms with Crippen LogP contribution in [0.15, 0.2) is 30.5 Å². The molecular weight excluding hydrogens is 246 g/mol. The number of hydrogen-bond donors (Lipinski definition) is 2. The third kappa shape index (κ3) is 1.67. The second kappa shape index (κ2) is 4.10. The second-order valence-corrected chi connectivity index (χ2v) is 4.85. The van der Waals surface area contributed by atoms with Crippen molar-refractivity contribution < 1.29 is 4.79 Å². The van der Waals surface area contributed by atoms with Crippen molar-refractivity contribution in [2.75, 3.05) is 7.05 Å². The van der Waals surface area contributed by atoms with Gasteiger partial charge in [-0.05, 0) is 23.8 Å². The summed E-state index contributed by atoms with van der Waals surface area (Å²) in [7, 11) is 1.70. The summed E-state index contributed by atoms with van der Waals surface area (Å²) in [5, 5.41) is 4.71. The zero-order valence-corrected chi connectivity index (χ0v) is 10.8. The molecule has 0 aliphatic carbocycles. The number of nitrogens with zero attached hydrogens (tertiary/aromatic N) is 1. The predicted octanol–water partition coefficient (Wildman–Crippen LogP) is 1.43. The molecule has 1 saturated heterocycles. The van der Waals surface area contributed by atoms with Crippen LogP contribution >= 0.6 is 12.2 Å². The van der Waals surface area contributed by atoms with E-state index in [1.165, 1.54) is 4.90 Å². The van der Waals surface area contributed by atoms with Crippen molar-refractivity contribution in [1.82, 2.24) is 15.2 Å². The van der Waals surface area contributed by atoms with Crippen LogP contribution in [0.4, 0.5) is 0 Å². The Morgan fingerprint density at radius 1 is 1.39 bits per heavy atom. The van der Waals surface area contributed by atoms with Crippen LogP contribution in [0, 0.1) is 0 Å². The zero-order chi connectivity index (χ0) is 12.7. The van der Waals surface area contributed by atoms with Crippen molar-refractivity contribution >= 4 is 34.1 Å². The van der Waals surface area contributed by atoms with Crippen LogP contribution in [-0.4, -0.2) is 34.0 Å². The van der Waals surface area contributed by atoms with Crippen LogP contribution in [0.25, 0.3) is 10.9 Å². The minimum atomic E-state index is -0.248. The molecule has 18 heavy (non-hydrogen) atoms. The van der Waals surface area contributed by atoms with Crippen molar-refractivity contribution in [2.24, 2.45) is 0 Å². The van der Waals surface area contributed by atoms with Crippen LogP contribution in [0.2, 0.25) is 0 Å². The van der Waals surface area contributed by atoms with E-state index in [9.17, 15) is 4.79 Å². The molecule has 0 bridgehead atoms. The number of carbonyl (C=O) groups excluding carboxylic acids is 1. The van der Waals surface area contributed by atoms with Crippen LogP contribution in [0.3, 0.4) is 0 Å². The lowest BCUT2D eigenvalue weighted by atomic mass is 10.1. The standard InChI is InChI=1S/C13H13N3OS/c1-16-12(17)11(15-13(16)18)6-8-7-14-10-5-3-2-4-9(8)10/h2-5,7,11,14H,6H2,1H3,(H,15,18)/t11-/m1/s1. The van der Waals surface area contributed by atoms with E-state index < -0.39 is 0 Å². The van der Waals surface area contributed by atoms with E-state index >= 15 is 0 Å². The average molecular weight is 259 g/mol. The highest BCUT2D eigenvalue weighted by molar-refractivity contribution is 7.80. The van der Waals surface area contributed by atoms with Gasteiger partial charge in [-0.3, -0.25) is 9.69 Å². The lowest BCUT2D eigenvalue weighted by molar-refractivity contribution is -0.126. The summed E-state index contributed by atoms with van der Waals surface area (Å²) in [6.07, 6.45) is 2.61. The molecule has 1 atom stereocenters. The Morgan fingerprint density at radius 3 is 2.89 bits per heavy atom. The van der Waals surface area contributed by atoms with E-state index in [0.29, 0.717) is 11.5 Å². The molecule has 1 aromatic heterocycles. The molecule has 3 rings (SSSR count). The highest BCUT2D eigenvalue weighted by atomic mass is 32.1. The predicted molar refractivity (Wildman–Crippen MR) is 74.3 cm³/mol. The fourth-order valence-electron chi connectivity index (χ4n) is 2.30. The summed E-state index contributed by atoms with van der Waals surface area (Å²) < 4.78 is 0. The van der Waals surface area contributed by atoms with Gasteiger partial charge >= 0.3 is 0 Å². The van der Waals surface area contributed by atoms with Crippen LogP contribution in [-0.2, 0) is 11.2 Å². The van der Waals surface area contributed by atoms with Gasteiger partial charge in [0.1, 0.15) is 6.04 Å². The molecule has 1 aromatic carbocycles. The number of nitrogens with one attached hydrogen (secondary N) is 2. The minimum absolute atomic E-state index is 0.0327. The zero-order valence-electron chi connectivity index (χ0n) is 9.93. The van der Waals surface area contributed by atoms with Crippen molar-refractivity contribution in [3.05, 3.63) is 36.0 Å². The second-order valence-electron chi connectivity index (χ2n) is 4.46. The Hall–Kier alpha value is -1.88. The smallest absolute Gasteiger partial charge is 0.251 e. The maximum atomic E-state index is 11.9. The van der Waals surface area contributed by atoms with E-state index in [1.54, 1.807) is 7.05 Å². The Kier molecular flexibility index (Phi) is 2.56. The quantitative estimate of drug-likeness (QED) is 0.802. The maximum Gasteiger partial charge on any atom is 0.251 e. The first kappa shape index (κ1) is 11.2. The molecule has 5 heteroatoms.